The Balaban J connectivity index is 4.08. The minimum atomic E-state index is -1.07. The van der Waals surface area contributed by atoms with Crippen LogP contribution < -0.4 is 0 Å². The first kappa shape index (κ1) is 21.1. The smallest absolute Gasteiger partial charge is 0.347 e. The van der Waals surface area contributed by atoms with Crippen molar-refractivity contribution in [2.45, 2.75) is 59.4 Å². The number of ether oxygens (including phenoxy) is 4. The van der Waals surface area contributed by atoms with Crippen molar-refractivity contribution in [1.29, 1.82) is 0 Å². The Morgan fingerprint density at radius 2 is 1.52 bits per heavy atom. The number of carbonyl (C=O) groups is 3. The quantitative estimate of drug-likeness (QED) is 0.261. The normalized spacial score (nSPS) is 14.3. The minimum absolute atomic E-state index is 0.0807. The Kier molecular flexibility index (Phi) is 9.89. The molecule has 0 rings (SSSR count). The highest BCUT2D eigenvalue weighted by atomic mass is 16.6. The molecule has 0 fully saturated rings. The third kappa shape index (κ3) is 8.97. The number of carbonyl (C=O) groups excluding carboxylic acids is 3. The van der Waals surface area contributed by atoms with Gasteiger partial charge in [-0.15, -0.1) is 0 Å². The van der Waals surface area contributed by atoms with Crippen LogP contribution in [-0.2, 0) is 33.3 Å². The van der Waals surface area contributed by atoms with Gasteiger partial charge in [-0.2, -0.15) is 0 Å². The highest BCUT2D eigenvalue weighted by Gasteiger charge is 2.24. The zero-order valence-corrected chi connectivity index (χ0v) is 14.4. The van der Waals surface area contributed by atoms with Gasteiger partial charge in [-0.05, 0) is 34.1 Å². The van der Waals surface area contributed by atoms with E-state index in [9.17, 15) is 14.4 Å². The summed E-state index contributed by atoms with van der Waals surface area (Å²) in [4.78, 5) is 34.5. The van der Waals surface area contributed by atoms with E-state index in [4.69, 9.17) is 18.9 Å². The summed E-state index contributed by atoms with van der Waals surface area (Å²) in [6, 6.07) is 0. The summed E-state index contributed by atoms with van der Waals surface area (Å²) in [5, 5.41) is 0. The largest absolute Gasteiger partial charge is 0.459 e. The molecule has 0 aromatic heterocycles. The molecule has 0 saturated carbocycles. The highest BCUT2D eigenvalue weighted by Crippen LogP contribution is 2.06. The minimum Gasteiger partial charge on any atom is -0.459 e. The monoisotopic (exact) mass is 330 g/mol. The molecule has 3 atom stereocenters. The van der Waals surface area contributed by atoms with Gasteiger partial charge in [-0.25, -0.2) is 14.4 Å². The summed E-state index contributed by atoms with van der Waals surface area (Å²) < 4.78 is 20.0. The van der Waals surface area contributed by atoms with Gasteiger partial charge in [0.15, 0.2) is 12.2 Å². The predicted molar refractivity (Wildman–Crippen MR) is 82.6 cm³/mol. The fraction of sp³-hybridized carbons (Fsp3) is 0.688. The van der Waals surface area contributed by atoms with Gasteiger partial charge >= 0.3 is 17.9 Å². The van der Waals surface area contributed by atoms with Crippen molar-refractivity contribution in [3.05, 3.63) is 12.2 Å². The first-order valence-electron chi connectivity index (χ1n) is 7.54. The molecule has 0 aromatic rings. The zero-order chi connectivity index (χ0) is 18.0. The molecule has 7 heteroatoms. The van der Waals surface area contributed by atoms with Crippen LogP contribution in [0.15, 0.2) is 12.2 Å². The maximum Gasteiger partial charge on any atom is 0.347 e. The topological polar surface area (TPSA) is 88.1 Å². The fourth-order valence-corrected chi connectivity index (χ4v) is 1.34. The van der Waals surface area contributed by atoms with Crippen LogP contribution in [0.25, 0.3) is 0 Å². The second-order valence-corrected chi connectivity index (χ2v) is 5.16. The molecule has 7 nitrogen and oxygen atoms in total. The lowest BCUT2D eigenvalue weighted by atomic mass is 10.3. The second-order valence-electron chi connectivity index (χ2n) is 5.16. The van der Waals surface area contributed by atoms with Gasteiger partial charge in [0.05, 0.1) is 6.10 Å². The molecule has 0 amide bonds. The van der Waals surface area contributed by atoms with Crippen molar-refractivity contribution in [3.63, 3.8) is 0 Å². The van der Waals surface area contributed by atoms with Crippen LogP contribution in [0.1, 0.15) is 41.0 Å². The SMILES string of the molecule is C=C(C)C(=O)OCCOC(=O)C(C)OC(=O)[C@@H](C)OC(C)CC. The van der Waals surface area contributed by atoms with Gasteiger partial charge in [-0.3, -0.25) is 0 Å². The van der Waals surface area contributed by atoms with Crippen molar-refractivity contribution < 1.29 is 33.3 Å². The van der Waals surface area contributed by atoms with Gasteiger partial charge < -0.3 is 18.9 Å². The predicted octanol–water partition coefficient (Wildman–Crippen LogP) is 1.78. The molecular formula is C16H26O7. The summed E-state index contributed by atoms with van der Waals surface area (Å²) in [5.41, 5.74) is 0.258. The molecule has 132 valence electrons. The number of rotatable bonds is 10. The average molecular weight is 330 g/mol. The summed E-state index contributed by atoms with van der Waals surface area (Å²) >= 11 is 0. The summed E-state index contributed by atoms with van der Waals surface area (Å²) in [7, 11) is 0. The zero-order valence-electron chi connectivity index (χ0n) is 14.4. The number of esters is 3. The lowest BCUT2D eigenvalue weighted by molar-refractivity contribution is -0.175. The van der Waals surface area contributed by atoms with Gasteiger partial charge in [0.1, 0.15) is 13.2 Å². The van der Waals surface area contributed by atoms with Crippen LogP contribution in [0.3, 0.4) is 0 Å². The lowest BCUT2D eigenvalue weighted by Crippen LogP contribution is -2.34. The third-order valence-electron chi connectivity index (χ3n) is 2.88. The first-order chi connectivity index (χ1) is 10.7. The molecule has 23 heavy (non-hydrogen) atoms. The van der Waals surface area contributed by atoms with Crippen molar-refractivity contribution in [2.24, 2.45) is 0 Å². The van der Waals surface area contributed by atoms with Crippen LogP contribution in [0, 0.1) is 0 Å². The maximum absolute atomic E-state index is 11.8. The Morgan fingerprint density at radius 1 is 0.957 bits per heavy atom. The van der Waals surface area contributed by atoms with E-state index >= 15 is 0 Å². The molecule has 0 aromatic carbocycles. The fourth-order valence-electron chi connectivity index (χ4n) is 1.34. The van der Waals surface area contributed by atoms with E-state index < -0.39 is 30.1 Å². The molecule has 0 saturated heterocycles. The molecule has 0 aliphatic rings. The van der Waals surface area contributed by atoms with E-state index in [0.717, 1.165) is 6.42 Å². The molecule has 0 bridgehead atoms. The summed E-state index contributed by atoms with van der Waals surface area (Å²) in [6.07, 6.45) is -1.15. The molecule has 0 radical (unpaired) electrons. The Labute approximate surface area is 136 Å². The van der Waals surface area contributed by atoms with Gasteiger partial charge in [0.25, 0.3) is 0 Å². The maximum atomic E-state index is 11.8. The molecule has 0 aliphatic heterocycles. The van der Waals surface area contributed by atoms with E-state index in [1.54, 1.807) is 6.92 Å². The molecular weight excluding hydrogens is 304 g/mol. The van der Waals surface area contributed by atoms with Crippen LogP contribution in [0.2, 0.25) is 0 Å². The second kappa shape index (κ2) is 10.8. The Hall–Kier alpha value is -1.89. The Bertz CT molecular complexity index is 430. The number of hydrogen-bond donors (Lipinski definition) is 0. The van der Waals surface area contributed by atoms with Crippen LogP contribution in [-0.4, -0.2) is 49.4 Å². The molecule has 0 N–H and O–H groups in total. The van der Waals surface area contributed by atoms with Crippen molar-refractivity contribution in [2.75, 3.05) is 13.2 Å². The lowest BCUT2D eigenvalue weighted by Gasteiger charge is -2.19. The molecule has 0 aliphatic carbocycles. The van der Waals surface area contributed by atoms with Gasteiger partial charge in [0, 0.05) is 5.57 Å². The van der Waals surface area contributed by atoms with Crippen molar-refractivity contribution >= 4 is 17.9 Å². The van der Waals surface area contributed by atoms with E-state index in [0.29, 0.717) is 0 Å². The highest BCUT2D eigenvalue weighted by molar-refractivity contribution is 5.86. The van der Waals surface area contributed by atoms with Crippen molar-refractivity contribution in [1.82, 2.24) is 0 Å². The summed E-state index contributed by atoms with van der Waals surface area (Å²) in [6.45, 7) is 11.4. The summed E-state index contributed by atoms with van der Waals surface area (Å²) in [5.74, 6) is -1.92. The van der Waals surface area contributed by atoms with Crippen LogP contribution in [0.4, 0.5) is 0 Å². The average Bonchev–Trinajstić information content (AvgIpc) is 2.50. The Morgan fingerprint density at radius 3 is 2.04 bits per heavy atom. The van der Waals surface area contributed by atoms with Crippen LogP contribution in [0.5, 0.6) is 0 Å². The first-order valence-corrected chi connectivity index (χ1v) is 7.54. The molecule has 2 unspecified atom stereocenters. The van der Waals surface area contributed by atoms with Crippen molar-refractivity contribution in [3.8, 4) is 0 Å². The van der Waals surface area contributed by atoms with E-state index in [1.807, 2.05) is 13.8 Å². The van der Waals surface area contributed by atoms with E-state index in [2.05, 4.69) is 6.58 Å². The standard InChI is InChI=1S/C16H26O7/c1-7-11(4)22-13(6)16(19)23-12(5)15(18)21-9-8-20-14(17)10(2)3/h11-13H,2,7-9H2,1,3-6H3/t11?,12?,13-/m1/s1. The van der Waals surface area contributed by atoms with E-state index in [1.165, 1.54) is 13.8 Å². The van der Waals surface area contributed by atoms with Crippen LogP contribution >= 0.6 is 0 Å². The number of hydrogen-bond acceptors (Lipinski definition) is 7. The molecule has 0 spiro atoms. The van der Waals surface area contributed by atoms with Gasteiger partial charge in [0.2, 0.25) is 0 Å². The van der Waals surface area contributed by atoms with E-state index in [-0.39, 0.29) is 24.9 Å². The van der Waals surface area contributed by atoms with Gasteiger partial charge in [-0.1, -0.05) is 13.5 Å². The third-order valence-corrected chi connectivity index (χ3v) is 2.88. The molecule has 0 heterocycles.